The number of allylic oxidation sites excluding steroid dienone is 2. The van der Waals surface area contributed by atoms with Crippen LogP contribution in [0.15, 0.2) is 78.2 Å². The number of anilines is 2. The maximum absolute atomic E-state index is 13.6. The molecule has 12 heteroatoms. The molecular formula is C33H32Cl2N4O6. The fourth-order valence-corrected chi connectivity index (χ4v) is 5.41. The molecule has 1 aliphatic rings. The van der Waals surface area contributed by atoms with Crippen LogP contribution in [0, 0.1) is 0 Å². The highest BCUT2D eigenvalue weighted by molar-refractivity contribution is 6.38. The van der Waals surface area contributed by atoms with E-state index in [4.69, 9.17) is 38.8 Å². The number of carboxylic acids is 1. The number of para-hydroxylation sites is 1. The standard InChI is InChI=1S/C33H32Cl2N4O6/c1-20-28(45-19-24-25(34)13-14-27(32(24)35)38(3)30(41)17-36)16-23-6-4-5-7-26(23)39(20)29(40)15-10-21-8-11-22(12-9-21)33(44)37(2)18-31(42)43/h4-15H,16-19,36H2,1-3H3,(H,42,43). The Morgan fingerprint density at radius 2 is 1.71 bits per heavy atom. The Hall–Kier alpha value is -4.64. The number of carboxylic acid groups (broad SMARTS) is 1. The summed E-state index contributed by atoms with van der Waals surface area (Å²) >= 11 is 13.1. The summed E-state index contributed by atoms with van der Waals surface area (Å²) in [7, 11) is 2.99. The first kappa shape index (κ1) is 33.3. The van der Waals surface area contributed by atoms with Crippen LogP contribution in [0.5, 0.6) is 0 Å². The van der Waals surface area contributed by atoms with Gasteiger partial charge in [0.2, 0.25) is 5.91 Å². The molecule has 0 fully saturated rings. The average Bonchev–Trinajstić information content (AvgIpc) is 3.02. The molecule has 0 bridgehead atoms. The van der Waals surface area contributed by atoms with Gasteiger partial charge in [-0.3, -0.25) is 24.1 Å². The summed E-state index contributed by atoms with van der Waals surface area (Å²) < 4.78 is 6.24. The normalized spacial score (nSPS) is 12.6. The van der Waals surface area contributed by atoms with Crippen molar-refractivity contribution in [3.05, 3.63) is 110 Å². The molecule has 3 amide bonds. The molecule has 1 aliphatic heterocycles. The number of rotatable bonds is 10. The third-order valence-electron chi connectivity index (χ3n) is 7.30. The van der Waals surface area contributed by atoms with Gasteiger partial charge in [0, 0.05) is 42.7 Å². The van der Waals surface area contributed by atoms with Crippen molar-refractivity contribution in [2.24, 2.45) is 5.73 Å². The Balaban J connectivity index is 1.56. The molecule has 0 radical (unpaired) electrons. The fraction of sp³-hybridized carbons (Fsp3) is 0.212. The van der Waals surface area contributed by atoms with Gasteiger partial charge >= 0.3 is 5.97 Å². The van der Waals surface area contributed by atoms with Crippen molar-refractivity contribution in [3.63, 3.8) is 0 Å². The topological polar surface area (TPSA) is 133 Å². The van der Waals surface area contributed by atoms with Crippen molar-refractivity contribution in [3.8, 4) is 0 Å². The van der Waals surface area contributed by atoms with Gasteiger partial charge in [-0.1, -0.05) is 53.5 Å². The second kappa shape index (κ2) is 14.4. The van der Waals surface area contributed by atoms with Crippen molar-refractivity contribution >= 4 is 64.3 Å². The lowest BCUT2D eigenvalue weighted by atomic mass is 10.0. The lowest BCUT2D eigenvalue weighted by molar-refractivity contribution is -0.137. The number of carbonyl (C=O) groups is 4. The fourth-order valence-electron chi connectivity index (χ4n) is 4.81. The molecule has 0 saturated heterocycles. The minimum absolute atomic E-state index is 0.00437. The highest BCUT2D eigenvalue weighted by Gasteiger charge is 2.28. The second-order valence-corrected chi connectivity index (χ2v) is 11.1. The first-order valence-electron chi connectivity index (χ1n) is 13.9. The van der Waals surface area contributed by atoms with Crippen LogP contribution >= 0.6 is 23.2 Å². The zero-order valence-electron chi connectivity index (χ0n) is 24.9. The minimum atomic E-state index is -1.10. The van der Waals surface area contributed by atoms with Crippen LogP contribution in [0.25, 0.3) is 6.08 Å². The molecule has 0 unspecified atom stereocenters. The molecule has 0 aliphatic carbocycles. The van der Waals surface area contributed by atoms with E-state index in [1.807, 2.05) is 24.3 Å². The van der Waals surface area contributed by atoms with E-state index in [0.717, 1.165) is 16.2 Å². The molecule has 0 spiro atoms. The number of carbonyl (C=O) groups excluding carboxylic acids is 3. The van der Waals surface area contributed by atoms with E-state index >= 15 is 0 Å². The largest absolute Gasteiger partial charge is 0.491 e. The second-order valence-electron chi connectivity index (χ2n) is 10.3. The number of benzene rings is 3. The number of hydrogen-bond acceptors (Lipinski definition) is 6. The predicted molar refractivity (Wildman–Crippen MR) is 174 cm³/mol. The van der Waals surface area contributed by atoms with Gasteiger partial charge in [0.15, 0.2) is 0 Å². The van der Waals surface area contributed by atoms with Gasteiger partial charge in [0.05, 0.1) is 28.6 Å². The van der Waals surface area contributed by atoms with Gasteiger partial charge < -0.3 is 25.4 Å². The van der Waals surface area contributed by atoms with Crippen LogP contribution in [0.1, 0.15) is 34.0 Å². The summed E-state index contributed by atoms with van der Waals surface area (Å²) in [5, 5.41) is 9.56. The van der Waals surface area contributed by atoms with E-state index in [-0.39, 0.29) is 30.0 Å². The number of hydrogen-bond donors (Lipinski definition) is 2. The van der Waals surface area contributed by atoms with Gasteiger partial charge in [-0.25, -0.2) is 0 Å². The molecule has 3 aromatic rings. The average molecular weight is 652 g/mol. The number of fused-ring (bicyclic) bond motifs is 1. The van der Waals surface area contributed by atoms with Gasteiger partial charge in [-0.05, 0) is 54.5 Å². The van der Waals surface area contributed by atoms with E-state index in [1.165, 1.54) is 18.0 Å². The number of aliphatic carboxylic acids is 1. The first-order chi connectivity index (χ1) is 21.4. The summed E-state index contributed by atoms with van der Waals surface area (Å²) in [6.07, 6.45) is 3.49. The Bertz CT molecular complexity index is 1700. The maximum atomic E-state index is 13.6. The molecule has 0 saturated carbocycles. The number of nitrogens with zero attached hydrogens (tertiary/aromatic N) is 3. The number of likely N-dealkylation sites (N-methyl/N-ethyl adjacent to an activating group) is 2. The van der Waals surface area contributed by atoms with Crippen LogP contribution in [-0.4, -0.2) is 60.9 Å². The van der Waals surface area contributed by atoms with Crippen molar-refractivity contribution in [2.75, 3.05) is 37.0 Å². The Morgan fingerprint density at radius 1 is 1.02 bits per heavy atom. The molecule has 4 rings (SSSR count). The van der Waals surface area contributed by atoms with E-state index in [2.05, 4.69) is 0 Å². The quantitative estimate of drug-likeness (QED) is 0.291. The minimum Gasteiger partial charge on any atom is -0.491 e. The Kier molecular flexibility index (Phi) is 10.7. The summed E-state index contributed by atoms with van der Waals surface area (Å²) in [6.45, 7) is 1.20. The molecule has 0 aromatic heterocycles. The Labute approximate surface area is 270 Å². The van der Waals surface area contributed by atoms with E-state index in [9.17, 15) is 19.2 Å². The van der Waals surface area contributed by atoms with Gasteiger partial charge in [-0.15, -0.1) is 0 Å². The smallest absolute Gasteiger partial charge is 0.323 e. The van der Waals surface area contributed by atoms with Gasteiger partial charge in [0.1, 0.15) is 18.9 Å². The van der Waals surface area contributed by atoms with Crippen LogP contribution in [0.3, 0.4) is 0 Å². The SMILES string of the molecule is CC1=C(OCc2c(Cl)ccc(N(C)C(=O)CN)c2Cl)Cc2ccccc2N1C(=O)C=Cc1ccc(C(=O)N(C)CC(=O)O)cc1. The van der Waals surface area contributed by atoms with E-state index in [1.54, 1.807) is 61.3 Å². The number of ether oxygens (including phenoxy) is 1. The molecular weight excluding hydrogens is 619 g/mol. The van der Waals surface area contributed by atoms with E-state index < -0.39 is 18.4 Å². The lowest BCUT2D eigenvalue weighted by Gasteiger charge is -2.31. The Morgan fingerprint density at radius 3 is 2.38 bits per heavy atom. The highest BCUT2D eigenvalue weighted by Crippen LogP contribution is 2.37. The zero-order valence-corrected chi connectivity index (χ0v) is 26.4. The molecule has 3 N–H and O–H groups in total. The van der Waals surface area contributed by atoms with Crippen molar-refractivity contribution in [2.45, 2.75) is 20.0 Å². The van der Waals surface area contributed by atoms with Gasteiger partial charge in [0.25, 0.3) is 11.8 Å². The molecule has 10 nitrogen and oxygen atoms in total. The van der Waals surface area contributed by atoms with Crippen LogP contribution in [0.4, 0.5) is 11.4 Å². The number of amides is 3. The van der Waals surface area contributed by atoms with Gasteiger partial charge in [-0.2, -0.15) is 0 Å². The summed E-state index contributed by atoms with van der Waals surface area (Å²) in [5.74, 6) is -1.61. The molecule has 234 valence electrons. The third kappa shape index (κ3) is 7.54. The molecule has 3 aromatic carbocycles. The molecule has 0 atom stereocenters. The van der Waals surface area contributed by atoms with Crippen LogP contribution < -0.4 is 15.5 Å². The summed E-state index contributed by atoms with van der Waals surface area (Å²) in [5.41, 5.74) is 9.64. The van der Waals surface area contributed by atoms with E-state index in [0.29, 0.717) is 45.3 Å². The highest BCUT2D eigenvalue weighted by atomic mass is 35.5. The monoisotopic (exact) mass is 650 g/mol. The summed E-state index contributed by atoms with van der Waals surface area (Å²) in [4.78, 5) is 53.2. The van der Waals surface area contributed by atoms with Crippen LogP contribution in [0.2, 0.25) is 10.0 Å². The lowest BCUT2D eigenvalue weighted by Crippen LogP contribution is -2.33. The zero-order chi connectivity index (χ0) is 32.8. The first-order valence-corrected chi connectivity index (χ1v) is 14.6. The molecule has 45 heavy (non-hydrogen) atoms. The number of halogens is 2. The van der Waals surface area contributed by atoms with Crippen LogP contribution in [-0.2, 0) is 32.1 Å². The predicted octanol–water partition coefficient (Wildman–Crippen LogP) is 5.12. The summed E-state index contributed by atoms with van der Waals surface area (Å²) in [6, 6.07) is 17.3. The van der Waals surface area contributed by atoms with Crippen molar-refractivity contribution in [1.29, 1.82) is 0 Å². The number of nitrogens with two attached hydrogens (primary N) is 1. The van der Waals surface area contributed by atoms with Crippen molar-refractivity contribution in [1.82, 2.24) is 4.90 Å². The maximum Gasteiger partial charge on any atom is 0.323 e. The molecule has 1 heterocycles. The van der Waals surface area contributed by atoms with Crippen molar-refractivity contribution < 1.29 is 29.0 Å². The third-order valence-corrected chi connectivity index (χ3v) is 8.08.